The van der Waals surface area contributed by atoms with Gasteiger partial charge >= 0.3 is 0 Å². The van der Waals surface area contributed by atoms with Crippen molar-refractivity contribution < 1.29 is 14.1 Å². The zero-order valence-electron chi connectivity index (χ0n) is 7.90. The lowest BCUT2D eigenvalue weighted by molar-refractivity contribution is 0.101. The predicted octanol–water partition coefficient (Wildman–Crippen LogP) is 2.04. The molecule has 0 spiro atoms. The fourth-order valence-corrected chi connectivity index (χ4v) is 1.30. The average molecular weight is 191 g/mol. The van der Waals surface area contributed by atoms with Gasteiger partial charge in [0.2, 0.25) is 0 Å². The van der Waals surface area contributed by atoms with Crippen molar-refractivity contribution in [1.82, 2.24) is 5.16 Å². The summed E-state index contributed by atoms with van der Waals surface area (Å²) < 4.78 is 10.0. The third-order valence-corrected chi connectivity index (χ3v) is 2.01. The molecule has 0 atom stereocenters. The van der Waals surface area contributed by atoms with E-state index in [2.05, 4.69) is 5.16 Å². The zero-order valence-corrected chi connectivity index (χ0v) is 7.90. The molecule has 1 aromatic heterocycles. The molecule has 4 nitrogen and oxygen atoms in total. The van der Waals surface area contributed by atoms with Crippen molar-refractivity contribution in [2.75, 3.05) is 7.11 Å². The largest absolute Gasteiger partial charge is 0.497 e. The maximum Gasteiger partial charge on any atom is 0.182 e. The second-order valence-corrected chi connectivity index (χ2v) is 2.95. The summed E-state index contributed by atoms with van der Waals surface area (Å²) in [5.74, 6) is 0.570. The Hall–Kier alpha value is -1.84. The molecule has 0 amide bonds. The number of Topliss-reactive ketones (excluding diaryl/α,β-unsaturated/α-hetero) is 1. The lowest BCUT2D eigenvalue weighted by Gasteiger charge is -1.97. The molecule has 0 N–H and O–H groups in total. The number of aromatic nitrogens is 1. The molecule has 0 radical (unpaired) electrons. The first-order valence-corrected chi connectivity index (χ1v) is 4.16. The quantitative estimate of drug-likeness (QED) is 0.681. The predicted molar refractivity (Wildman–Crippen MR) is 50.6 cm³/mol. The number of benzene rings is 1. The van der Waals surface area contributed by atoms with Crippen molar-refractivity contribution in [1.29, 1.82) is 0 Å². The second-order valence-electron chi connectivity index (χ2n) is 2.95. The first-order valence-electron chi connectivity index (χ1n) is 4.16. The van der Waals surface area contributed by atoms with Crippen LogP contribution in [0.25, 0.3) is 11.0 Å². The Balaban J connectivity index is 2.69. The first kappa shape index (κ1) is 8.74. The summed E-state index contributed by atoms with van der Waals surface area (Å²) in [5.41, 5.74) is 0.940. The average Bonchev–Trinajstić information content (AvgIpc) is 2.59. The summed E-state index contributed by atoms with van der Waals surface area (Å²) in [7, 11) is 1.57. The van der Waals surface area contributed by atoms with E-state index in [4.69, 9.17) is 9.26 Å². The molecular formula is C10H9NO3. The van der Waals surface area contributed by atoms with Crippen LogP contribution in [-0.2, 0) is 0 Å². The minimum Gasteiger partial charge on any atom is -0.497 e. The zero-order chi connectivity index (χ0) is 10.1. The number of hydrogen-bond donors (Lipinski definition) is 0. The van der Waals surface area contributed by atoms with E-state index in [9.17, 15) is 4.79 Å². The SMILES string of the molecule is COc1ccc2onc(C(C)=O)c2c1. The maximum atomic E-state index is 11.2. The van der Waals surface area contributed by atoms with Gasteiger partial charge in [-0.2, -0.15) is 0 Å². The summed E-state index contributed by atoms with van der Waals surface area (Å²) in [6, 6.07) is 5.23. The number of hydrogen-bond acceptors (Lipinski definition) is 4. The highest BCUT2D eigenvalue weighted by Crippen LogP contribution is 2.23. The Bertz CT molecular complexity index is 487. The van der Waals surface area contributed by atoms with Crippen LogP contribution in [0.2, 0.25) is 0 Å². The maximum absolute atomic E-state index is 11.2. The van der Waals surface area contributed by atoms with Crippen molar-refractivity contribution in [3.63, 3.8) is 0 Å². The molecule has 0 aliphatic rings. The molecule has 0 bridgehead atoms. The lowest BCUT2D eigenvalue weighted by atomic mass is 10.1. The smallest absolute Gasteiger partial charge is 0.182 e. The van der Waals surface area contributed by atoms with Crippen molar-refractivity contribution in [2.45, 2.75) is 6.92 Å². The monoisotopic (exact) mass is 191 g/mol. The van der Waals surface area contributed by atoms with E-state index in [-0.39, 0.29) is 5.78 Å². The van der Waals surface area contributed by atoms with Crippen molar-refractivity contribution >= 4 is 16.8 Å². The molecule has 0 aliphatic heterocycles. The van der Waals surface area contributed by atoms with Crippen LogP contribution < -0.4 is 4.74 Å². The van der Waals surface area contributed by atoms with E-state index in [1.807, 2.05) is 0 Å². The lowest BCUT2D eigenvalue weighted by Crippen LogP contribution is -1.92. The van der Waals surface area contributed by atoms with E-state index >= 15 is 0 Å². The summed E-state index contributed by atoms with van der Waals surface area (Å²) >= 11 is 0. The molecule has 72 valence electrons. The Labute approximate surface area is 80.4 Å². The molecule has 0 fully saturated rings. The Morgan fingerprint density at radius 1 is 1.50 bits per heavy atom. The highest BCUT2D eigenvalue weighted by Gasteiger charge is 2.12. The molecular weight excluding hydrogens is 182 g/mol. The van der Waals surface area contributed by atoms with Gasteiger partial charge in [0, 0.05) is 6.92 Å². The van der Waals surface area contributed by atoms with E-state index in [1.54, 1.807) is 25.3 Å². The molecule has 0 saturated heterocycles. The molecule has 2 aromatic rings. The van der Waals surface area contributed by atoms with Crippen LogP contribution in [0.1, 0.15) is 17.4 Å². The van der Waals surface area contributed by atoms with Crippen LogP contribution in [0.3, 0.4) is 0 Å². The van der Waals surface area contributed by atoms with Gasteiger partial charge in [0.05, 0.1) is 12.5 Å². The standard InChI is InChI=1S/C10H9NO3/c1-6(12)10-8-5-7(13-2)3-4-9(8)14-11-10/h3-5H,1-2H3. The second kappa shape index (κ2) is 3.14. The van der Waals surface area contributed by atoms with Gasteiger partial charge in [-0.25, -0.2) is 0 Å². The third kappa shape index (κ3) is 1.25. The fourth-order valence-electron chi connectivity index (χ4n) is 1.30. The van der Waals surface area contributed by atoms with Gasteiger partial charge in [0.25, 0.3) is 0 Å². The molecule has 0 unspecified atom stereocenters. The topological polar surface area (TPSA) is 52.3 Å². The minimum atomic E-state index is -0.114. The molecule has 1 heterocycles. The Morgan fingerprint density at radius 2 is 2.29 bits per heavy atom. The Morgan fingerprint density at radius 3 is 2.93 bits per heavy atom. The van der Waals surface area contributed by atoms with E-state index < -0.39 is 0 Å². The van der Waals surface area contributed by atoms with Crippen LogP contribution in [0.4, 0.5) is 0 Å². The van der Waals surface area contributed by atoms with Crippen molar-refractivity contribution in [3.05, 3.63) is 23.9 Å². The third-order valence-electron chi connectivity index (χ3n) is 2.01. The van der Waals surface area contributed by atoms with Crippen LogP contribution in [-0.4, -0.2) is 18.0 Å². The number of carbonyl (C=O) groups is 1. The number of nitrogens with zero attached hydrogens (tertiary/aromatic N) is 1. The van der Waals surface area contributed by atoms with Gasteiger partial charge in [0.1, 0.15) is 5.75 Å². The van der Waals surface area contributed by atoms with E-state index in [0.717, 1.165) is 0 Å². The number of ether oxygens (including phenoxy) is 1. The number of carbonyl (C=O) groups excluding carboxylic acids is 1. The van der Waals surface area contributed by atoms with E-state index in [1.165, 1.54) is 6.92 Å². The molecule has 0 aliphatic carbocycles. The highest BCUT2D eigenvalue weighted by atomic mass is 16.5. The van der Waals surface area contributed by atoms with Crippen molar-refractivity contribution in [2.24, 2.45) is 0 Å². The normalized spacial score (nSPS) is 10.4. The summed E-state index contributed by atoms with van der Waals surface area (Å²) in [5, 5.41) is 4.38. The van der Waals surface area contributed by atoms with Crippen LogP contribution >= 0.6 is 0 Å². The molecule has 1 aromatic carbocycles. The molecule has 0 saturated carbocycles. The molecule has 14 heavy (non-hydrogen) atoms. The van der Waals surface area contributed by atoms with Gasteiger partial charge in [-0.3, -0.25) is 4.79 Å². The number of methoxy groups -OCH3 is 1. The van der Waals surface area contributed by atoms with Gasteiger partial charge < -0.3 is 9.26 Å². The molecule has 4 heteroatoms. The number of rotatable bonds is 2. The van der Waals surface area contributed by atoms with Crippen LogP contribution in [0.5, 0.6) is 5.75 Å². The number of fused-ring (bicyclic) bond motifs is 1. The van der Waals surface area contributed by atoms with E-state index in [0.29, 0.717) is 22.4 Å². The summed E-state index contributed by atoms with van der Waals surface area (Å²) in [6.07, 6.45) is 0. The fraction of sp³-hybridized carbons (Fsp3) is 0.200. The number of ketones is 1. The Kier molecular flexibility index (Phi) is 1.96. The summed E-state index contributed by atoms with van der Waals surface area (Å²) in [4.78, 5) is 11.2. The minimum absolute atomic E-state index is 0.114. The van der Waals surface area contributed by atoms with Crippen LogP contribution in [0, 0.1) is 0 Å². The van der Waals surface area contributed by atoms with Gasteiger partial charge in [0.15, 0.2) is 17.1 Å². The van der Waals surface area contributed by atoms with Crippen molar-refractivity contribution in [3.8, 4) is 5.75 Å². The first-order chi connectivity index (χ1) is 6.72. The van der Waals surface area contributed by atoms with Gasteiger partial charge in [-0.1, -0.05) is 5.16 Å². The van der Waals surface area contributed by atoms with Gasteiger partial charge in [-0.15, -0.1) is 0 Å². The highest BCUT2D eigenvalue weighted by molar-refractivity contribution is 6.04. The van der Waals surface area contributed by atoms with Gasteiger partial charge in [-0.05, 0) is 18.2 Å². The molecule has 2 rings (SSSR count). The van der Waals surface area contributed by atoms with Crippen LogP contribution in [0.15, 0.2) is 22.7 Å². The summed E-state index contributed by atoms with van der Waals surface area (Å²) in [6.45, 7) is 1.46.